The van der Waals surface area contributed by atoms with Gasteiger partial charge >= 0.3 is 0 Å². The molecule has 6 nitrogen and oxygen atoms in total. The smallest absolute Gasteiger partial charge is 0.224 e. The van der Waals surface area contributed by atoms with Crippen molar-refractivity contribution in [2.24, 2.45) is 4.99 Å². The van der Waals surface area contributed by atoms with Gasteiger partial charge in [0.15, 0.2) is 5.96 Å². The molecule has 3 N–H and O–H groups in total. The van der Waals surface area contributed by atoms with Gasteiger partial charge in [-0.3, -0.25) is 9.79 Å². The van der Waals surface area contributed by atoms with E-state index in [0.29, 0.717) is 13.0 Å². The molecule has 0 unspecified atom stereocenters. The van der Waals surface area contributed by atoms with Crippen molar-refractivity contribution in [3.8, 4) is 5.75 Å². The molecule has 29 heavy (non-hydrogen) atoms. The molecule has 2 aromatic carbocycles. The molecule has 0 atom stereocenters. The van der Waals surface area contributed by atoms with Gasteiger partial charge in [-0.2, -0.15) is 0 Å². The number of carbonyl (C=O) groups excluding carboxylic acids is 1. The second-order valence-corrected chi connectivity index (χ2v) is 7.14. The van der Waals surface area contributed by atoms with Crippen molar-refractivity contribution >= 4 is 17.6 Å². The van der Waals surface area contributed by atoms with Gasteiger partial charge in [0.2, 0.25) is 5.91 Å². The molecular formula is C23H30N4O2. The zero-order chi connectivity index (χ0) is 20.5. The number of aliphatic imine (C=N–C) groups is 1. The average Bonchev–Trinajstić information content (AvgIpc) is 3.19. The van der Waals surface area contributed by atoms with Gasteiger partial charge in [0.05, 0.1) is 6.61 Å². The molecule has 1 aliphatic heterocycles. The molecular weight excluding hydrogens is 364 g/mol. The SMILES string of the molecule is CCCC(=O)Nc1ccc(CNC(=NC)NCCc2ccc3c(c2)CCO3)cc1. The Kier molecular flexibility index (Phi) is 7.50. The van der Waals surface area contributed by atoms with E-state index in [1.54, 1.807) is 7.05 Å². The fourth-order valence-electron chi connectivity index (χ4n) is 3.28. The summed E-state index contributed by atoms with van der Waals surface area (Å²) >= 11 is 0. The fourth-order valence-corrected chi connectivity index (χ4v) is 3.28. The van der Waals surface area contributed by atoms with Crippen LogP contribution in [0.4, 0.5) is 5.69 Å². The molecule has 0 saturated carbocycles. The average molecular weight is 395 g/mol. The molecule has 2 aromatic rings. The molecule has 1 amide bonds. The number of hydrogen-bond acceptors (Lipinski definition) is 3. The number of fused-ring (bicyclic) bond motifs is 1. The van der Waals surface area contributed by atoms with Crippen LogP contribution in [-0.4, -0.2) is 32.1 Å². The van der Waals surface area contributed by atoms with Gasteiger partial charge in [-0.05, 0) is 47.7 Å². The standard InChI is InChI=1S/C23H30N4O2/c1-3-4-22(28)27-20-8-5-18(6-9-20)16-26-23(24-2)25-13-11-17-7-10-21-19(15-17)12-14-29-21/h5-10,15H,3-4,11-14,16H2,1-2H3,(H,27,28)(H2,24,25,26). The molecule has 0 bridgehead atoms. The fraction of sp³-hybridized carbons (Fsp3) is 0.391. The van der Waals surface area contributed by atoms with Crippen molar-refractivity contribution in [2.45, 2.75) is 39.2 Å². The Labute approximate surface area is 172 Å². The normalized spacial score (nSPS) is 12.8. The first-order valence-corrected chi connectivity index (χ1v) is 10.3. The van der Waals surface area contributed by atoms with Gasteiger partial charge in [0.1, 0.15) is 5.75 Å². The van der Waals surface area contributed by atoms with Crippen molar-refractivity contribution in [1.82, 2.24) is 10.6 Å². The predicted octanol–water partition coefficient (Wildman–Crippen LogP) is 3.27. The van der Waals surface area contributed by atoms with E-state index in [1.807, 2.05) is 31.2 Å². The monoisotopic (exact) mass is 394 g/mol. The zero-order valence-corrected chi connectivity index (χ0v) is 17.3. The highest BCUT2D eigenvalue weighted by molar-refractivity contribution is 5.90. The summed E-state index contributed by atoms with van der Waals surface area (Å²) < 4.78 is 5.56. The first kappa shape index (κ1) is 20.7. The van der Waals surface area contributed by atoms with Crippen LogP contribution in [0.3, 0.4) is 0 Å². The topological polar surface area (TPSA) is 74.8 Å². The van der Waals surface area contributed by atoms with Crippen LogP contribution in [-0.2, 0) is 24.2 Å². The summed E-state index contributed by atoms with van der Waals surface area (Å²) in [5, 5.41) is 9.59. The molecule has 0 radical (unpaired) electrons. The Morgan fingerprint density at radius 2 is 1.90 bits per heavy atom. The highest BCUT2D eigenvalue weighted by atomic mass is 16.5. The van der Waals surface area contributed by atoms with E-state index in [0.717, 1.165) is 55.4 Å². The molecule has 154 valence electrons. The number of amides is 1. The Morgan fingerprint density at radius 3 is 2.66 bits per heavy atom. The highest BCUT2D eigenvalue weighted by Gasteiger charge is 2.11. The summed E-state index contributed by atoms with van der Waals surface area (Å²) in [6.45, 7) is 4.26. The van der Waals surface area contributed by atoms with Gasteiger partial charge in [0.25, 0.3) is 0 Å². The van der Waals surface area contributed by atoms with Gasteiger partial charge in [0, 0.05) is 38.7 Å². The number of ether oxygens (including phenoxy) is 1. The lowest BCUT2D eigenvalue weighted by Crippen LogP contribution is -2.37. The van der Waals surface area contributed by atoms with E-state index in [2.05, 4.69) is 39.1 Å². The lowest BCUT2D eigenvalue weighted by molar-refractivity contribution is -0.116. The third-order valence-electron chi connectivity index (χ3n) is 4.86. The van der Waals surface area contributed by atoms with E-state index < -0.39 is 0 Å². The summed E-state index contributed by atoms with van der Waals surface area (Å²) in [5.74, 6) is 1.85. The lowest BCUT2D eigenvalue weighted by atomic mass is 10.1. The Balaban J connectivity index is 1.41. The van der Waals surface area contributed by atoms with Crippen molar-refractivity contribution in [2.75, 3.05) is 25.5 Å². The molecule has 3 rings (SSSR count). The quantitative estimate of drug-likeness (QED) is 0.475. The number of hydrogen-bond donors (Lipinski definition) is 3. The molecule has 1 aliphatic rings. The second-order valence-electron chi connectivity index (χ2n) is 7.14. The van der Waals surface area contributed by atoms with E-state index >= 15 is 0 Å². The zero-order valence-electron chi connectivity index (χ0n) is 17.3. The maximum atomic E-state index is 11.7. The van der Waals surface area contributed by atoms with E-state index in [9.17, 15) is 4.79 Å². The maximum Gasteiger partial charge on any atom is 0.224 e. The molecule has 1 heterocycles. The maximum absolute atomic E-state index is 11.7. The van der Waals surface area contributed by atoms with E-state index in [4.69, 9.17) is 4.74 Å². The van der Waals surface area contributed by atoms with Gasteiger partial charge in [-0.1, -0.05) is 31.2 Å². The van der Waals surface area contributed by atoms with Crippen LogP contribution in [0, 0.1) is 0 Å². The van der Waals surface area contributed by atoms with Crippen molar-refractivity contribution in [3.05, 3.63) is 59.2 Å². The molecule has 0 saturated heterocycles. The molecule has 6 heteroatoms. The van der Waals surface area contributed by atoms with Gasteiger partial charge in [-0.15, -0.1) is 0 Å². The Morgan fingerprint density at radius 1 is 1.10 bits per heavy atom. The van der Waals surface area contributed by atoms with Gasteiger partial charge in [-0.25, -0.2) is 0 Å². The second kappa shape index (κ2) is 10.5. The summed E-state index contributed by atoms with van der Waals surface area (Å²) in [6, 6.07) is 14.3. The first-order valence-electron chi connectivity index (χ1n) is 10.3. The molecule has 0 aliphatic carbocycles. The summed E-state index contributed by atoms with van der Waals surface area (Å²) in [4.78, 5) is 15.9. The van der Waals surface area contributed by atoms with E-state index in [-0.39, 0.29) is 5.91 Å². The van der Waals surface area contributed by atoms with Crippen molar-refractivity contribution in [3.63, 3.8) is 0 Å². The number of carbonyl (C=O) groups is 1. The number of nitrogens with one attached hydrogen (secondary N) is 3. The summed E-state index contributed by atoms with van der Waals surface area (Å²) in [5.41, 5.74) is 4.56. The van der Waals surface area contributed by atoms with Crippen molar-refractivity contribution in [1.29, 1.82) is 0 Å². The number of nitrogens with zero attached hydrogens (tertiary/aromatic N) is 1. The lowest BCUT2D eigenvalue weighted by Gasteiger charge is -2.13. The van der Waals surface area contributed by atoms with Crippen LogP contribution in [0.1, 0.15) is 36.5 Å². The Bertz CT molecular complexity index is 846. The van der Waals surface area contributed by atoms with Crippen molar-refractivity contribution < 1.29 is 9.53 Å². The summed E-state index contributed by atoms with van der Waals surface area (Å²) in [7, 11) is 1.77. The number of benzene rings is 2. The minimum absolute atomic E-state index is 0.0545. The third kappa shape index (κ3) is 6.24. The number of guanidine groups is 1. The minimum Gasteiger partial charge on any atom is -0.493 e. The number of anilines is 1. The number of rotatable bonds is 8. The van der Waals surface area contributed by atoms with Gasteiger partial charge < -0.3 is 20.7 Å². The summed E-state index contributed by atoms with van der Waals surface area (Å²) in [6.07, 6.45) is 3.33. The third-order valence-corrected chi connectivity index (χ3v) is 4.86. The van der Waals surface area contributed by atoms with Crippen LogP contribution < -0.4 is 20.7 Å². The molecule has 0 spiro atoms. The van der Waals surface area contributed by atoms with Crippen LogP contribution in [0.25, 0.3) is 0 Å². The van der Waals surface area contributed by atoms with Crippen LogP contribution >= 0.6 is 0 Å². The van der Waals surface area contributed by atoms with Crippen LogP contribution in [0.5, 0.6) is 5.75 Å². The highest BCUT2D eigenvalue weighted by Crippen LogP contribution is 2.25. The van der Waals surface area contributed by atoms with E-state index in [1.165, 1.54) is 11.1 Å². The minimum atomic E-state index is 0.0545. The molecule has 0 aromatic heterocycles. The largest absolute Gasteiger partial charge is 0.493 e. The first-order chi connectivity index (χ1) is 14.2. The Hall–Kier alpha value is -3.02. The predicted molar refractivity (Wildman–Crippen MR) is 118 cm³/mol. The van der Waals surface area contributed by atoms with Crippen LogP contribution in [0.2, 0.25) is 0 Å². The molecule has 0 fully saturated rings. The van der Waals surface area contributed by atoms with Crippen LogP contribution in [0.15, 0.2) is 47.5 Å².